The van der Waals surface area contributed by atoms with Gasteiger partial charge in [-0.2, -0.15) is 0 Å². The van der Waals surface area contributed by atoms with Crippen LogP contribution >= 0.6 is 11.3 Å². The maximum atomic E-state index is 12.2. The normalized spacial score (nSPS) is 30.7. The number of hydrogen-bond donors (Lipinski definition) is 0. The Morgan fingerprint density at radius 3 is 2.86 bits per heavy atom. The Labute approximate surface area is 130 Å². The van der Waals surface area contributed by atoms with E-state index in [-0.39, 0.29) is 0 Å². The maximum absolute atomic E-state index is 12.2. The molecule has 0 radical (unpaired) electrons. The molecule has 3 aliphatic rings. The molecule has 3 heterocycles. The molecular formula is C16H23N3OS. The van der Waals surface area contributed by atoms with Crippen molar-refractivity contribution in [1.82, 2.24) is 14.8 Å². The van der Waals surface area contributed by atoms with Crippen LogP contribution in [0.15, 0.2) is 5.38 Å². The van der Waals surface area contributed by atoms with E-state index in [4.69, 9.17) is 0 Å². The van der Waals surface area contributed by atoms with Crippen molar-refractivity contribution in [3.63, 3.8) is 0 Å². The van der Waals surface area contributed by atoms with Crippen molar-refractivity contribution >= 4 is 17.2 Å². The molecule has 2 aliphatic heterocycles. The minimum absolute atomic E-state index is 0.345. The number of aromatic nitrogens is 1. The van der Waals surface area contributed by atoms with Gasteiger partial charge in [0.1, 0.15) is 0 Å². The van der Waals surface area contributed by atoms with E-state index < -0.39 is 0 Å². The van der Waals surface area contributed by atoms with Crippen LogP contribution in [-0.4, -0.2) is 46.9 Å². The van der Waals surface area contributed by atoms with Crippen LogP contribution in [0.1, 0.15) is 30.5 Å². The standard InChI is InChI=1S/C16H23N3OS/c1-11-5-14(11)15(20)19-9-16(10-19)3-4-18(8-16)6-13-7-21-12(2)17-13/h7,11,14H,3-6,8-10H2,1-2H3. The molecule has 2 saturated heterocycles. The Balaban J connectivity index is 1.30. The van der Waals surface area contributed by atoms with Crippen LogP contribution in [0, 0.1) is 24.2 Å². The van der Waals surface area contributed by atoms with Gasteiger partial charge in [0, 0.05) is 42.9 Å². The second kappa shape index (κ2) is 4.78. The van der Waals surface area contributed by atoms with E-state index in [1.807, 2.05) is 0 Å². The largest absolute Gasteiger partial charge is 0.341 e. The summed E-state index contributed by atoms with van der Waals surface area (Å²) in [5, 5.41) is 3.32. The van der Waals surface area contributed by atoms with Gasteiger partial charge in [-0.25, -0.2) is 4.98 Å². The molecule has 21 heavy (non-hydrogen) atoms. The molecule has 1 aromatic heterocycles. The second-order valence-corrected chi connectivity index (χ2v) is 8.39. The zero-order valence-corrected chi connectivity index (χ0v) is 13.7. The first-order chi connectivity index (χ1) is 10.0. The lowest BCUT2D eigenvalue weighted by Gasteiger charge is -2.48. The van der Waals surface area contributed by atoms with Gasteiger partial charge in [0.05, 0.1) is 10.7 Å². The molecule has 1 aromatic rings. The molecule has 2 unspecified atom stereocenters. The number of likely N-dealkylation sites (tertiary alicyclic amines) is 2. The lowest BCUT2D eigenvalue weighted by atomic mass is 9.79. The van der Waals surface area contributed by atoms with Crippen LogP contribution < -0.4 is 0 Å². The van der Waals surface area contributed by atoms with Gasteiger partial charge in [-0.05, 0) is 32.2 Å². The van der Waals surface area contributed by atoms with Crippen LogP contribution in [0.25, 0.3) is 0 Å². The highest BCUT2D eigenvalue weighted by Crippen LogP contribution is 2.45. The predicted octanol–water partition coefficient (Wildman–Crippen LogP) is 2.14. The molecule has 0 N–H and O–H groups in total. The van der Waals surface area contributed by atoms with Gasteiger partial charge in [0.25, 0.3) is 0 Å². The fourth-order valence-corrected chi connectivity index (χ4v) is 4.55. The number of carbonyl (C=O) groups is 1. The summed E-state index contributed by atoms with van der Waals surface area (Å²) in [5.41, 5.74) is 1.59. The lowest BCUT2D eigenvalue weighted by molar-refractivity contribution is -0.144. The maximum Gasteiger partial charge on any atom is 0.226 e. The molecule has 1 saturated carbocycles. The van der Waals surface area contributed by atoms with E-state index in [9.17, 15) is 4.79 Å². The first-order valence-electron chi connectivity index (χ1n) is 7.97. The van der Waals surface area contributed by atoms with Gasteiger partial charge in [0.2, 0.25) is 5.91 Å². The number of amides is 1. The van der Waals surface area contributed by atoms with E-state index in [2.05, 4.69) is 34.0 Å². The van der Waals surface area contributed by atoms with Gasteiger partial charge < -0.3 is 4.90 Å². The van der Waals surface area contributed by atoms with Crippen LogP contribution in [0.2, 0.25) is 0 Å². The SMILES string of the molecule is Cc1nc(CN2CCC3(C2)CN(C(=O)C2CC2C)C3)cs1. The molecule has 3 fully saturated rings. The molecule has 1 spiro atoms. The molecule has 0 aromatic carbocycles. The molecule has 114 valence electrons. The number of carbonyl (C=O) groups excluding carboxylic acids is 1. The Morgan fingerprint density at radius 1 is 1.48 bits per heavy atom. The predicted molar refractivity (Wildman–Crippen MR) is 83.0 cm³/mol. The molecule has 4 rings (SSSR count). The fraction of sp³-hybridized carbons (Fsp3) is 0.750. The monoisotopic (exact) mass is 305 g/mol. The summed E-state index contributed by atoms with van der Waals surface area (Å²) in [6.45, 7) is 9.48. The van der Waals surface area contributed by atoms with Crippen LogP contribution in [0.4, 0.5) is 0 Å². The number of hydrogen-bond acceptors (Lipinski definition) is 4. The molecule has 4 nitrogen and oxygen atoms in total. The molecular weight excluding hydrogens is 282 g/mol. The fourth-order valence-electron chi connectivity index (χ4n) is 3.95. The first-order valence-corrected chi connectivity index (χ1v) is 8.85. The summed E-state index contributed by atoms with van der Waals surface area (Å²) in [6.07, 6.45) is 2.34. The lowest BCUT2D eigenvalue weighted by Crippen LogP contribution is -2.59. The summed E-state index contributed by atoms with van der Waals surface area (Å²) in [7, 11) is 0. The average Bonchev–Trinajstić information content (AvgIpc) is 2.83. The summed E-state index contributed by atoms with van der Waals surface area (Å²) in [4.78, 5) is 21.4. The van der Waals surface area contributed by atoms with E-state index in [1.54, 1.807) is 11.3 Å². The highest BCUT2D eigenvalue weighted by molar-refractivity contribution is 7.09. The zero-order chi connectivity index (χ0) is 14.6. The summed E-state index contributed by atoms with van der Waals surface area (Å²) >= 11 is 1.73. The van der Waals surface area contributed by atoms with Crippen molar-refractivity contribution in [3.8, 4) is 0 Å². The number of rotatable bonds is 3. The number of thiazole rings is 1. The van der Waals surface area contributed by atoms with Gasteiger partial charge in [-0.15, -0.1) is 11.3 Å². The van der Waals surface area contributed by atoms with Crippen molar-refractivity contribution in [1.29, 1.82) is 0 Å². The molecule has 1 amide bonds. The highest BCUT2D eigenvalue weighted by Gasteiger charge is 2.52. The van der Waals surface area contributed by atoms with Crippen molar-refractivity contribution in [3.05, 3.63) is 16.1 Å². The van der Waals surface area contributed by atoms with Crippen molar-refractivity contribution in [2.45, 2.75) is 33.2 Å². The summed E-state index contributed by atoms with van der Waals surface area (Å²) < 4.78 is 0. The van der Waals surface area contributed by atoms with Crippen LogP contribution in [0.3, 0.4) is 0 Å². The van der Waals surface area contributed by atoms with Crippen LogP contribution in [0.5, 0.6) is 0 Å². The quantitative estimate of drug-likeness (QED) is 0.858. The Hall–Kier alpha value is -0.940. The molecule has 2 atom stereocenters. The Kier molecular flexibility index (Phi) is 3.12. The number of nitrogens with zero attached hydrogens (tertiary/aromatic N) is 3. The van der Waals surface area contributed by atoms with Gasteiger partial charge in [-0.3, -0.25) is 9.69 Å². The van der Waals surface area contributed by atoms with Crippen molar-refractivity contribution in [2.75, 3.05) is 26.2 Å². The van der Waals surface area contributed by atoms with Gasteiger partial charge in [0.15, 0.2) is 0 Å². The summed E-state index contributed by atoms with van der Waals surface area (Å²) in [6, 6.07) is 0. The molecule has 0 bridgehead atoms. The Bertz CT molecular complexity index is 564. The number of aryl methyl sites for hydroxylation is 1. The third-order valence-electron chi connectivity index (χ3n) is 5.36. The smallest absolute Gasteiger partial charge is 0.226 e. The van der Waals surface area contributed by atoms with Crippen molar-refractivity contribution < 1.29 is 4.79 Å². The second-order valence-electron chi connectivity index (χ2n) is 7.33. The van der Waals surface area contributed by atoms with Gasteiger partial charge >= 0.3 is 0 Å². The topological polar surface area (TPSA) is 36.4 Å². The zero-order valence-electron chi connectivity index (χ0n) is 12.8. The molecule has 1 aliphatic carbocycles. The van der Waals surface area contributed by atoms with Crippen LogP contribution in [-0.2, 0) is 11.3 Å². The van der Waals surface area contributed by atoms with Gasteiger partial charge in [-0.1, -0.05) is 6.92 Å². The third-order valence-corrected chi connectivity index (χ3v) is 6.18. The van der Waals surface area contributed by atoms with E-state index >= 15 is 0 Å². The highest BCUT2D eigenvalue weighted by atomic mass is 32.1. The van der Waals surface area contributed by atoms with E-state index in [0.717, 1.165) is 44.2 Å². The first kappa shape index (κ1) is 13.7. The summed E-state index contributed by atoms with van der Waals surface area (Å²) in [5.74, 6) is 1.39. The van der Waals surface area contributed by atoms with E-state index in [0.29, 0.717) is 23.2 Å². The Morgan fingerprint density at radius 2 is 2.24 bits per heavy atom. The minimum Gasteiger partial charge on any atom is -0.341 e. The minimum atomic E-state index is 0.345. The average molecular weight is 305 g/mol. The molecule has 5 heteroatoms. The third kappa shape index (κ3) is 2.50. The van der Waals surface area contributed by atoms with E-state index in [1.165, 1.54) is 12.1 Å². The van der Waals surface area contributed by atoms with Crippen molar-refractivity contribution in [2.24, 2.45) is 17.3 Å².